The first-order valence-corrected chi connectivity index (χ1v) is 9.49. The smallest absolute Gasteiger partial charge is 0.325 e. The molecule has 0 spiro atoms. The number of anilines is 2. The van der Waals surface area contributed by atoms with Crippen LogP contribution >= 0.6 is 22.9 Å². The highest BCUT2D eigenvalue weighted by molar-refractivity contribution is 7.14. The maximum Gasteiger partial charge on any atom is 0.325 e. The molecule has 9 heteroatoms. The summed E-state index contributed by atoms with van der Waals surface area (Å²) in [5.41, 5.74) is 1.73. The number of halogens is 1. The van der Waals surface area contributed by atoms with E-state index in [4.69, 9.17) is 16.3 Å². The molecule has 7 nitrogen and oxygen atoms in total. The first-order chi connectivity index (χ1) is 13.5. The predicted molar refractivity (Wildman–Crippen MR) is 110 cm³/mol. The number of aromatic nitrogens is 1. The van der Waals surface area contributed by atoms with Gasteiger partial charge in [-0.25, -0.2) is 9.78 Å². The summed E-state index contributed by atoms with van der Waals surface area (Å²) < 4.78 is 5.16. The Hall–Kier alpha value is -3.10. The van der Waals surface area contributed by atoms with Crippen molar-refractivity contribution in [3.63, 3.8) is 0 Å². The second kappa shape index (κ2) is 9.20. The summed E-state index contributed by atoms with van der Waals surface area (Å²) in [7, 11) is 1.59. The Labute approximate surface area is 170 Å². The number of rotatable bonds is 6. The fraction of sp³-hybridized carbons (Fsp3) is 0.105. The van der Waals surface area contributed by atoms with Gasteiger partial charge in [0, 0.05) is 22.6 Å². The van der Waals surface area contributed by atoms with Crippen LogP contribution in [0.25, 0.3) is 0 Å². The van der Waals surface area contributed by atoms with Crippen molar-refractivity contribution in [1.29, 1.82) is 0 Å². The Bertz CT molecular complexity index is 975. The first-order valence-electron chi connectivity index (χ1n) is 8.24. The van der Waals surface area contributed by atoms with E-state index in [2.05, 4.69) is 20.9 Å². The van der Waals surface area contributed by atoms with Gasteiger partial charge in [-0.2, -0.15) is 0 Å². The van der Waals surface area contributed by atoms with E-state index in [1.807, 2.05) is 24.3 Å². The first kappa shape index (κ1) is 19.7. The molecule has 0 aliphatic rings. The molecule has 0 atom stereocenters. The molecular formula is C19H17ClN4O3S. The van der Waals surface area contributed by atoms with E-state index in [1.165, 1.54) is 0 Å². The largest absolute Gasteiger partial charge is 0.497 e. The van der Waals surface area contributed by atoms with Gasteiger partial charge in [0.25, 0.3) is 5.91 Å². The number of urea groups is 1. The molecule has 3 rings (SSSR count). The molecule has 0 saturated heterocycles. The van der Waals surface area contributed by atoms with Crippen LogP contribution in [0.15, 0.2) is 53.9 Å². The number of hydrogen-bond donors (Lipinski definition) is 3. The molecular weight excluding hydrogens is 400 g/mol. The third kappa shape index (κ3) is 5.45. The van der Waals surface area contributed by atoms with E-state index in [1.54, 1.807) is 36.8 Å². The predicted octanol–water partition coefficient (Wildman–Crippen LogP) is 4.38. The Morgan fingerprint density at radius 3 is 2.68 bits per heavy atom. The number of carbonyl (C=O) groups excluding carboxylic acids is 2. The number of ether oxygens (including phenoxy) is 1. The fourth-order valence-electron chi connectivity index (χ4n) is 2.28. The summed E-state index contributed by atoms with van der Waals surface area (Å²) >= 11 is 6.97. The zero-order valence-corrected chi connectivity index (χ0v) is 16.4. The second-order valence-electron chi connectivity index (χ2n) is 5.66. The van der Waals surface area contributed by atoms with Gasteiger partial charge in [0.1, 0.15) is 11.4 Å². The van der Waals surface area contributed by atoms with Crippen LogP contribution in [-0.2, 0) is 6.54 Å². The van der Waals surface area contributed by atoms with Crippen LogP contribution < -0.4 is 20.7 Å². The van der Waals surface area contributed by atoms with Crippen LogP contribution in [0.5, 0.6) is 5.75 Å². The van der Waals surface area contributed by atoms with Crippen molar-refractivity contribution in [2.24, 2.45) is 0 Å². The van der Waals surface area contributed by atoms with Crippen LogP contribution in [0.3, 0.4) is 0 Å². The second-order valence-corrected chi connectivity index (χ2v) is 6.95. The lowest BCUT2D eigenvalue weighted by molar-refractivity contribution is 0.0946. The topological polar surface area (TPSA) is 92.4 Å². The van der Waals surface area contributed by atoms with Crippen molar-refractivity contribution < 1.29 is 14.3 Å². The lowest BCUT2D eigenvalue weighted by atomic mass is 10.2. The molecule has 3 amide bonds. The van der Waals surface area contributed by atoms with Gasteiger partial charge in [-0.05, 0) is 42.0 Å². The molecule has 2 aromatic carbocycles. The van der Waals surface area contributed by atoms with Gasteiger partial charge in [-0.1, -0.05) is 23.7 Å². The number of thiazole rings is 1. The normalized spacial score (nSPS) is 10.2. The summed E-state index contributed by atoms with van der Waals surface area (Å²) in [6.45, 7) is 0.341. The van der Waals surface area contributed by atoms with Crippen LogP contribution in [0, 0.1) is 0 Å². The van der Waals surface area contributed by atoms with Gasteiger partial charge in [-0.15, -0.1) is 11.3 Å². The number of amides is 3. The Balaban J connectivity index is 1.53. The molecule has 0 radical (unpaired) electrons. The van der Waals surface area contributed by atoms with Gasteiger partial charge in [-0.3, -0.25) is 10.1 Å². The van der Waals surface area contributed by atoms with Crippen molar-refractivity contribution in [2.45, 2.75) is 6.54 Å². The van der Waals surface area contributed by atoms with Crippen LogP contribution in [0.4, 0.5) is 15.6 Å². The molecule has 0 aliphatic carbocycles. The molecule has 3 aromatic rings. The van der Waals surface area contributed by atoms with Crippen molar-refractivity contribution in [3.8, 4) is 5.75 Å². The van der Waals surface area contributed by atoms with E-state index < -0.39 is 6.03 Å². The average molecular weight is 417 g/mol. The maximum atomic E-state index is 12.3. The number of methoxy groups -OCH3 is 1. The van der Waals surface area contributed by atoms with Crippen LogP contribution in [-0.4, -0.2) is 24.0 Å². The minimum atomic E-state index is -0.458. The third-order valence-corrected chi connectivity index (χ3v) is 4.66. The minimum Gasteiger partial charge on any atom is -0.497 e. The van der Waals surface area contributed by atoms with E-state index in [-0.39, 0.29) is 11.6 Å². The number of nitrogens with one attached hydrogen (secondary N) is 3. The number of nitrogens with zero attached hydrogens (tertiary/aromatic N) is 1. The minimum absolute atomic E-state index is 0.231. The lowest BCUT2D eigenvalue weighted by Crippen LogP contribution is -2.23. The van der Waals surface area contributed by atoms with E-state index in [9.17, 15) is 9.59 Å². The molecule has 1 aromatic heterocycles. The fourth-order valence-corrected chi connectivity index (χ4v) is 3.10. The van der Waals surface area contributed by atoms with Gasteiger partial charge < -0.3 is 15.4 Å². The quantitative estimate of drug-likeness (QED) is 0.556. The summed E-state index contributed by atoms with van der Waals surface area (Å²) in [6, 6.07) is 13.7. The average Bonchev–Trinajstić information content (AvgIpc) is 3.16. The highest BCUT2D eigenvalue weighted by Gasteiger charge is 2.12. The number of hydrogen-bond acceptors (Lipinski definition) is 5. The molecule has 0 unspecified atom stereocenters. The standard InChI is InChI=1S/C19H17ClN4O3S/c1-27-15-4-2-3-12(9-15)10-21-17(25)16-11-28-19(23-16)24-18(26)22-14-7-5-13(20)6-8-14/h2-9,11H,10H2,1H3,(H,21,25)(H2,22,23,24,26). The van der Waals surface area contributed by atoms with Crippen LogP contribution in [0.2, 0.25) is 5.02 Å². The van der Waals surface area contributed by atoms with Crippen molar-refractivity contribution >= 4 is 45.7 Å². The molecule has 0 saturated carbocycles. The zero-order chi connectivity index (χ0) is 19.9. The van der Waals surface area contributed by atoms with E-state index >= 15 is 0 Å². The molecule has 3 N–H and O–H groups in total. The molecule has 144 valence electrons. The van der Waals surface area contributed by atoms with Gasteiger partial charge in [0.2, 0.25) is 0 Å². The third-order valence-electron chi connectivity index (χ3n) is 3.65. The summed E-state index contributed by atoms with van der Waals surface area (Å²) in [6.07, 6.45) is 0. The summed E-state index contributed by atoms with van der Waals surface area (Å²) in [4.78, 5) is 28.4. The van der Waals surface area contributed by atoms with Gasteiger partial charge in [0.05, 0.1) is 7.11 Å². The van der Waals surface area contributed by atoms with Crippen LogP contribution in [0.1, 0.15) is 16.1 Å². The highest BCUT2D eigenvalue weighted by Crippen LogP contribution is 2.18. The Morgan fingerprint density at radius 2 is 1.93 bits per heavy atom. The molecule has 28 heavy (non-hydrogen) atoms. The van der Waals surface area contributed by atoms with E-state index in [0.717, 1.165) is 22.6 Å². The SMILES string of the molecule is COc1cccc(CNC(=O)c2csc(NC(=O)Nc3ccc(Cl)cc3)n2)c1. The summed E-state index contributed by atoms with van der Waals surface area (Å²) in [5, 5.41) is 10.5. The zero-order valence-electron chi connectivity index (χ0n) is 14.9. The van der Waals surface area contributed by atoms with E-state index in [0.29, 0.717) is 22.4 Å². The molecule has 0 bridgehead atoms. The molecule has 1 heterocycles. The van der Waals surface area contributed by atoms with Crippen molar-refractivity contribution in [1.82, 2.24) is 10.3 Å². The molecule has 0 aliphatic heterocycles. The Morgan fingerprint density at radius 1 is 1.14 bits per heavy atom. The summed E-state index contributed by atoms with van der Waals surface area (Å²) in [5.74, 6) is 0.392. The van der Waals surface area contributed by atoms with Crippen molar-refractivity contribution in [2.75, 3.05) is 17.7 Å². The van der Waals surface area contributed by atoms with Crippen molar-refractivity contribution in [3.05, 3.63) is 70.2 Å². The van der Waals surface area contributed by atoms with Gasteiger partial charge in [0.15, 0.2) is 5.13 Å². The maximum absolute atomic E-state index is 12.3. The monoisotopic (exact) mass is 416 g/mol. The lowest BCUT2D eigenvalue weighted by Gasteiger charge is -2.06. The Kier molecular flexibility index (Phi) is 6.46. The highest BCUT2D eigenvalue weighted by atomic mass is 35.5. The molecule has 0 fully saturated rings. The van der Waals surface area contributed by atoms with Gasteiger partial charge >= 0.3 is 6.03 Å². The number of carbonyl (C=O) groups is 2. The number of benzene rings is 2.